The minimum Gasteiger partial charge on any atom is -0.478 e. The number of carboxylic acid groups (broad SMARTS) is 1. The van der Waals surface area contributed by atoms with Gasteiger partial charge in [0, 0.05) is 11.8 Å². The second-order valence-electron chi connectivity index (χ2n) is 4.93. The minimum absolute atomic E-state index is 0.288. The van der Waals surface area contributed by atoms with Crippen molar-refractivity contribution in [2.75, 3.05) is 4.72 Å². The number of nitrogens with one attached hydrogen (secondary N) is 1. The molecular formula is C14H9F3N2O6S. The molecule has 12 heteroatoms. The highest BCUT2D eigenvalue weighted by Gasteiger charge is 2.38. The highest BCUT2D eigenvalue weighted by Crippen LogP contribution is 2.37. The standard InChI is InChI=1S/C14H9F3N2O6S/c15-14(16,17)11-7-9(4-5-12(11)19(22)23)18-26(24,25)10-3-1-2-8(6-10)13(20)21/h1-7,18H,(H,20,21). The van der Waals surface area contributed by atoms with Gasteiger partial charge in [-0.1, -0.05) is 6.07 Å². The van der Waals surface area contributed by atoms with Crippen molar-refractivity contribution in [1.29, 1.82) is 0 Å². The summed E-state index contributed by atoms with van der Waals surface area (Å²) < 4.78 is 65.1. The van der Waals surface area contributed by atoms with Gasteiger partial charge in [0.25, 0.3) is 15.7 Å². The van der Waals surface area contributed by atoms with Gasteiger partial charge in [-0.2, -0.15) is 13.2 Å². The van der Waals surface area contributed by atoms with Crippen LogP contribution in [0.3, 0.4) is 0 Å². The van der Waals surface area contributed by atoms with E-state index < -0.39 is 48.9 Å². The monoisotopic (exact) mass is 390 g/mol. The number of rotatable bonds is 5. The first-order chi connectivity index (χ1) is 11.9. The molecule has 138 valence electrons. The molecule has 0 heterocycles. The average molecular weight is 390 g/mol. The minimum atomic E-state index is -5.08. The Bertz CT molecular complexity index is 988. The maximum atomic E-state index is 12.9. The number of hydrogen-bond acceptors (Lipinski definition) is 5. The van der Waals surface area contributed by atoms with E-state index in [-0.39, 0.29) is 11.6 Å². The Hall–Kier alpha value is -3.15. The number of carbonyl (C=O) groups is 1. The molecule has 0 fully saturated rings. The van der Waals surface area contributed by atoms with Crippen LogP contribution in [0.4, 0.5) is 24.5 Å². The van der Waals surface area contributed by atoms with Gasteiger partial charge in [-0.25, -0.2) is 13.2 Å². The number of nitro groups is 1. The van der Waals surface area contributed by atoms with Crippen LogP contribution in [0.15, 0.2) is 47.4 Å². The Morgan fingerprint density at radius 3 is 2.35 bits per heavy atom. The normalized spacial score (nSPS) is 11.8. The summed E-state index contributed by atoms with van der Waals surface area (Å²) in [5, 5.41) is 19.6. The van der Waals surface area contributed by atoms with Crippen LogP contribution in [-0.4, -0.2) is 24.4 Å². The maximum absolute atomic E-state index is 12.9. The number of carboxylic acids is 1. The number of hydrogen-bond donors (Lipinski definition) is 2. The molecule has 0 aliphatic heterocycles. The number of nitrogens with zero attached hydrogens (tertiary/aromatic N) is 1. The van der Waals surface area contributed by atoms with Gasteiger partial charge >= 0.3 is 12.1 Å². The lowest BCUT2D eigenvalue weighted by Crippen LogP contribution is -2.15. The zero-order valence-corrected chi connectivity index (χ0v) is 13.3. The zero-order valence-electron chi connectivity index (χ0n) is 12.5. The first kappa shape index (κ1) is 19.2. The highest BCUT2D eigenvalue weighted by molar-refractivity contribution is 7.92. The summed E-state index contributed by atoms with van der Waals surface area (Å²) >= 11 is 0. The fraction of sp³-hybridized carbons (Fsp3) is 0.0714. The van der Waals surface area contributed by atoms with Gasteiger partial charge in [0.1, 0.15) is 5.56 Å². The number of nitro benzene ring substituents is 1. The van der Waals surface area contributed by atoms with Crippen LogP contribution in [0.2, 0.25) is 0 Å². The van der Waals surface area contributed by atoms with E-state index in [0.717, 1.165) is 30.3 Å². The second-order valence-corrected chi connectivity index (χ2v) is 6.61. The summed E-state index contributed by atoms with van der Waals surface area (Å²) in [6, 6.07) is 5.76. The van der Waals surface area contributed by atoms with Gasteiger partial charge in [-0.15, -0.1) is 0 Å². The van der Waals surface area contributed by atoms with E-state index >= 15 is 0 Å². The molecule has 2 aromatic carbocycles. The third-order valence-electron chi connectivity index (χ3n) is 3.14. The molecule has 0 aliphatic rings. The summed E-state index contributed by atoms with van der Waals surface area (Å²) in [5.74, 6) is -1.39. The molecule has 0 saturated carbocycles. The molecule has 2 rings (SSSR count). The van der Waals surface area contributed by atoms with Gasteiger partial charge in [0.2, 0.25) is 0 Å². The van der Waals surface area contributed by atoms with Gasteiger partial charge in [-0.3, -0.25) is 14.8 Å². The molecule has 8 nitrogen and oxygen atoms in total. The van der Waals surface area contributed by atoms with Crippen molar-refractivity contribution in [3.63, 3.8) is 0 Å². The van der Waals surface area contributed by atoms with Crippen LogP contribution >= 0.6 is 0 Å². The predicted octanol–water partition coefficient (Wildman–Crippen LogP) is 3.11. The van der Waals surface area contributed by atoms with Crippen molar-refractivity contribution in [3.05, 3.63) is 63.7 Å². The molecular weight excluding hydrogens is 381 g/mol. The number of benzene rings is 2. The predicted molar refractivity (Wildman–Crippen MR) is 82.3 cm³/mol. The zero-order chi connectivity index (χ0) is 19.7. The summed E-state index contributed by atoms with van der Waals surface area (Å²) in [6.45, 7) is 0. The highest BCUT2D eigenvalue weighted by atomic mass is 32.2. The summed E-state index contributed by atoms with van der Waals surface area (Å²) in [7, 11) is -4.42. The summed E-state index contributed by atoms with van der Waals surface area (Å²) in [6.07, 6.45) is -5.08. The van der Waals surface area contributed by atoms with Crippen LogP contribution in [0.5, 0.6) is 0 Å². The fourth-order valence-electron chi connectivity index (χ4n) is 2.00. The third kappa shape index (κ3) is 4.08. The molecule has 0 radical (unpaired) electrons. The van der Waals surface area contributed by atoms with E-state index in [9.17, 15) is 36.5 Å². The van der Waals surface area contributed by atoms with Crippen molar-refractivity contribution in [3.8, 4) is 0 Å². The average Bonchev–Trinajstić information content (AvgIpc) is 2.53. The topological polar surface area (TPSA) is 127 Å². The molecule has 0 aromatic heterocycles. The Balaban J connectivity index is 2.46. The fourth-order valence-corrected chi connectivity index (χ4v) is 3.09. The lowest BCUT2D eigenvalue weighted by atomic mass is 10.1. The van der Waals surface area contributed by atoms with Crippen molar-refractivity contribution >= 4 is 27.4 Å². The summed E-state index contributed by atoms with van der Waals surface area (Å²) in [4.78, 5) is 19.9. The Labute approximate surface area is 144 Å². The molecule has 0 aliphatic carbocycles. The Morgan fingerprint density at radius 2 is 1.81 bits per heavy atom. The second kappa shape index (κ2) is 6.63. The summed E-state index contributed by atoms with van der Waals surface area (Å²) in [5.41, 5.74) is -3.76. The first-order valence-corrected chi connectivity index (χ1v) is 8.12. The van der Waals surface area contributed by atoms with E-state index in [0.29, 0.717) is 6.07 Å². The Kier molecular flexibility index (Phi) is 4.89. The molecule has 0 saturated heterocycles. The molecule has 0 unspecified atom stereocenters. The van der Waals surface area contributed by atoms with E-state index in [4.69, 9.17) is 5.11 Å². The van der Waals surface area contributed by atoms with Gasteiger partial charge < -0.3 is 5.11 Å². The van der Waals surface area contributed by atoms with E-state index in [1.165, 1.54) is 0 Å². The molecule has 2 aromatic rings. The van der Waals surface area contributed by atoms with Crippen molar-refractivity contribution in [1.82, 2.24) is 0 Å². The molecule has 0 spiro atoms. The maximum Gasteiger partial charge on any atom is 0.423 e. The van der Waals surface area contributed by atoms with Crippen molar-refractivity contribution < 1.29 is 36.4 Å². The van der Waals surface area contributed by atoms with Crippen LogP contribution in [-0.2, 0) is 16.2 Å². The Morgan fingerprint density at radius 1 is 1.15 bits per heavy atom. The molecule has 0 amide bonds. The van der Waals surface area contributed by atoms with Crippen molar-refractivity contribution in [2.24, 2.45) is 0 Å². The lowest BCUT2D eigenvalue weighted by molar-refractivity contribution is -0.388. The number of sulfonamides is 1. The SMILES string of the molecule is O=C(O)c1cccc(S(=O)(=O)Nc2ccc([N+](=O)[O-])c(C(F)(F)F)c2)c1. The van der Waals surface area contributed by atoms with Crippen LogP contribution in [0.1, 0.15) is 15.9 Å². The first-order valence-electron chi connectivity index (χ1n) is 6.63. The number of aromatic carboxylic acids is 1. The van der Waals surface area contributed by atoms with Crippen LogP contribution < -0.4 is 4.72 Å². The van der Waals surface area contributed by atoms with Gasteiger partial charge in [-0.05, 0) is 30.3 Å². The van der Waals surface area contributed by atoms with Crippen LogP contribution in [0.25, 0.3) is 0 Å². The van der Waals surface area contributed by atoms with Crippen molar-refractivity contribution in [2.45, 2.75) is 11.1 Å². The van der Waals surface area contributed by atoms with E-state index in [1.807, 2.05) is 4.72 Å². The third-order valence-corrected chi connectivity index (χ3v) is 4.52. The number of anilines is 1. The molecule has 0 bridgehead atoms. The smallest absolute Gasteiger partial charge is 0.423 e. The lowest BCUT2D eigenvalue weighted by Gasteiger charge is -2.12. The number of halogens is 3. The largest absolute Gasteiger partial charge is 0.478 e. The van der Waals surface area contributed by atoms with Crippen LogP contribution in [0, 0.1) is 10.1 Å². The molecule has 26 heavy (non-hydrogen) atoms. The van der Waals surface area contributed by atoms with E-state index in [2.05, 4.69) is 0 Å². The van der Waals surface area contributed by atoms with E-state index in [1.54, 1.807) is 0 Å². The van der Waals surface area contributed by atoms with Gasteiger partial charge in [0.05, 0.1) is 15.4 Å². The quantitative estimate of drug-likeness (QED) is 0.597. The molecule has 2 N–H and O–H groups in total. The van der Waals surface area contributed by atoms with Gasteiger partial charge in [0.15, 0.2) is 0 Å². The molecule has 0 atom stereocenters. The number of alkyl halides is 3.